The number of carbonyl (C=O) groups excluding carboxylic acids is 1. The first-order chi connectivity index (χ1) is 15.3. The minimum atomic E-state index is -0.295. The van der Waals surface area contributed by atoms with Crippen LogP contribution in [0.5, 0.6) is 5.75 Å². The molecule has 1 aliphatic carbocycles. The molecule has 0 radical (unpaired) electrons. The Kier molecular flexibility index (Phi) is 5.30. The van der Waals surface area contributed by atoms with Crippen molar-refractivity contribution in [1.29, 1.82) is 0 Å². The number of amides is 1. The molecule has 2 aliphatic rings. The summed E-state index contributed by atoms with van der Waals surface area (Å²) in [7, 11) is 1.61. The summed E-state index contributed by atoms with van der Waals surface area (Å²) in [5.41, 5.74) is 5.80. The summed E-state index contributed by atoms with van der Waals surface area (Å²) in [5.74, 6) is 0.728. The first kappa shape index (κ1) is 19.6. The van der Waals surface area contributed by atoms with Crippen molar-refractivity contribution < 1.29 is 14.3 Å². The van der Waals surface area contributed by atoms with Crippen molar-refractivity contribution in [2.45, 2.75) is 12.0 Å². The van der Waals surface area contributed by atoms with Gasteiger partial charge in [0.05, 0.1) is 19.3 Å². The Labute approximate surface area is 181 Å². The van der Waals surface area contributed by atoms with Crippen molar-refractivity contribution in [3.63, 3.8) is 0 Å². The van der Waals surface area contributed by atoms with Crippen molar-refractivity contribution in [3.8, 4) is 16.9 Å². The summed E-state index contributed by atoms with van der Waals surface area (Å²) >= 11 is 0. The van der Waals surface area contributed by atoms with Gasteiger partial charge in [-0.2, -0.15) is 0 Å². The molecule has 31 heavy (non-hydrogen) atoms. The molecular weight excluding hydrogens is 390 g/mol. The summed E-state index contributed by atoms with van der Waals surface area (Å²) in [6.07, 6.45) is 3.15. The molecule has 0 saturated carbocycles. The maximum Gasteiger partial charge on any atom is 0.410 e. The van der Waals surface area contributed by atoms with Crippen molar-refractivity contribution in [3.05, 3.63) is 83.7 Å². The van der Waals surface area contributed by atoms with Crippen molar-refractivity contribution in [2.75, 3.05) is 33.4 Å². The van der Waals surface area contributed by atoms with Crippen LogP contribution >= 0.6 is 0 Å². The van der Waals surface area contributed by atoms with Crippen LogP contribution in [0.2, 0.25) is 0 Å². The number of nitrogens with zero attached hydrogens (tertiary/aromatic N) is 2. The van der Waals surface area contributed by atoms with Crippen LogP contribution in [0.3, 0.4) is 0 Å². The fourth-order valence-corrected chi connectivity index (χ4v) is 4.63. The molecule has 0 spiro atoms. The van der Waals surface area contributed by atoms with Crippen LogP contribution in [0.25, 0.3) is 11.1 Å². The Morgan fingerprint density at radius 3 is 2.52 bits per heavy atom. The van der Waals surface area contributed by atoms with E-state index >= 15 is 0 Å². The van der Waals surface area contributed by atoms with E-state index in [4.69, 9.17) is 9.47 Å². The monoisotopic (exact) mass is 415 g/mol. The number of methoxy groups -OCH3 is 1. The molecule has 1 aromatic heterocycles. The highest BCUT2D eigenvalue weighted by Crippen LogP contribution is 2.44. The van der Waals surface area contributed by atoms with Gasteiger partial charge in [0, 0.05) is 31.7 Å². The number of benzene rings is 2. The van der Waals surface area contributed by atoms with E-state index in [-0.39, 0.29) is 18.1 Å². The maximum absolute atomic E-state index is 13.1. The molecule has 5 rings (SSSR count). The van der Waals surface area contributed by atoms with Crippen LogP contribution in [-0.4, -0.2) is 49.3 Å². The molecule has 2 heterocycles. The second-order valence-corrected chi connectivity index (χ2v) is 7.88. The predicted molar refractivity (Wildman–Crippen MR) is 118 cm³/mol. The van der Waals surface area contributed by atoms with Crippen LogP contribution in [0.1, 0.15) is 28.7 Å². The fourth-order valence-electron chi connectivity index (χ4n) is 4.63. The van der Waals surface area contributed by atoms with Gasteiger partial charge in [0.25, 0.3) is 0 Å². The molecule has 158 valence electrons. The van der Waals surface area contributed by atoms with Crippen LogP contribution in [0, 0.1) is 0 Å². The van der Waals surface area contributed by atoms with Crippen molar-refractivity contribution >= 4 is 6.09 Å². The highest BCUT2D eigenvalue weighted by atomic mass is 16.6. The van der Waals surface area contributed by atoms with Gasteiger partial charge in [-0.3, -0.25) is 9.88 Å². The molecule has 1 aliphatic heterocycles. The minimum Gasteiger partial charge on any atom is -0.495 e. The van der Waals surface area contributed by atoms with Crippen LogP contribution in [-0.2, 0) is 4.74 Å². The minimum absolute atomic E-state index is 0.0520. The van der Waals surface area contributed by atoms with Crippen LogP contribution in [0.15, 0.2) is 67.0 Å². The number of ether oxygens (including phenoxy) is 2. The molecule has 6 nitrogen and oxygen atoms in total. The summed E-state index contributed by atoms with van der Waals surface area (Å²) < 4.78 is 11.2. The number of hydrogen-bond acceptors (Lipinski definition) is 5. The van der Waals surface area contributed by atoms with Crippen LogP contribution < -0.4 is 10.1 Å². The maximum atomic E-state index is 13.1. The second-order valence-electron chi connectivity index (χ2n) is 7.88. The molecule has 1 unspecified atom stereocenters. The number of aromatic nitrogens is 1. The van der Waals surface area contributed by atoms with Gasteiger partial charge in [-0.15, -0.1) is 0 Å². The van der Waals surface area contributed by atoms with E-state index in [9.17, 15) is 4.79 Å². The lowest BCUT2D eigenvalue weighted by atomic mass is 9.98. The van der Waals surface area contributed by atoms with Gasteiger partial charge in [0.1, 0.15) is 12.4 Å². The Hall–Kier alpha value is -3.38. The van der Waals surface area contributed by atoms with E-state index in [0.717, 1.165) is 12.1 Å². The van der Waals surface area contributed by atoms with E-state index < -0.39 is 0 Å². The van der Waals surface area contributed by atoms with E-state index in [1.54, 1.807) is 24.4 Å². The highest BCUT2D eigenvalue weighted by molar-refractivity contribution is 5.79. The molecule has 6 heteroatoms. The van der Waals surface area contributed by atoms with Gasteiger partial charge < -0.3 is 14.8 Å². The Morgan fingerprint density at radius 2 is 1.81 bits per heavy atom. The third-order valence-electron chi connectivity index (χ3n) is 6.17. The molecule has 2 aromatic carbocycles. The van der Waals surface area contributed by atoms with Gasteiger partial charge in [-0.1, -0.05) is 48.5 Å². The third kappa shape index (κ3) is 3.64. The smallest absolute Gasteiger partial charge is 0.410 e. The SMILES string of the molecule is COc1cncc(C2CNCCN2C(=O)OCC2c3ccccc3-c3ccccc32)c1. The molecule has 1 amide bonds. The number of hydrogen-bond donors (Lipinski definition) is 1. The fraction of sp³-hybridized carbons (Fsp3) is 0.280. The lowest BCUT2D eigenvalue weighted by Gasteiger charge is -2.35. The Bertz CT molecular complexity index is 1060. The zero-order chi connectivity index (χ0) is 21.2. The van der Waals surface area contributed by atoms with Gasteiger partial charge in [-0.25, -0.2) is 4.79 Å². The molecule has 3 aromatic rings. The normalized spacial score (nSPS) is 17.7. The van der Waals surface area contributed by atoms with E-state index in [2.05, 4.69) is 46.7 Å². The summed E-state index contributed by atoms with van der Waals surface area (Å²) in [6.45, 7) is 2.29. The van der Waals surface area contributed by atoms with E-state index in [1.807, 2.05) is 18.2 Å². The largest absolute Gasteiger partial charge is 0.495 e. The summed E-state index contributed by atoms with van der Waals surface area (Å²) in [4.78, 5) is 19.2. The molecule has 0 bridgehead atoms. The average molecular weight is 415 g/mol. The lowest BCUT2D eigenvalue weighted by Crippen LogP contribution is -2.49. The Balaban J connectivity index is 1.35. The zero-order valence-electron chi connectivity index (χ0n) is 17.5. The third-order valence-corrected chi connectivity index (χ3v) is 6.17. The average Bonchev–Trinajstić information content (AvgIpc) is 3.16. The van der Waals surface area contributed by atoms with Gasteiger partial charge in [-0.05, 0) is 33.9 Å². The molecule has 1 fully saturated rings. The van der Waals surface area contributed by atoms with E-state index in [1.165, 1.54) is 22.3 Å². The quantitative estimate of drug-likeness (QED) is 0.698. The first-order valence-electron chi connectivity index (χ1n) is 10.6. The van der Waals surface area contributed by atoms with Gasteiger partial charge >= 0.3 is 6.09 Å². The lowest BCUT2D eigenvalue weighted by molar-refractivity contribution is 0.0751. The summed E-state index contributed by atoms with van der Waals surface area (Å²) in [6, 6.07) is 18.5. The molecule has 1 N–H and O–H groups in total. The van der Waals surface area contributed by atoms with Crippen LogP contribution in [0.4, 0.5) is 4.79 Å². The van der Waals surface area contributed by atoms with Gasteiger partial charge in [0.2, 0.25) is 0 Å². The topological polar surface area (TPSA) is 63.7 Å². The Morgan fingerprint density at radius 1 is 1.10 bits per heavy atom. The van der Waals surface area contributed by atoms with Crippen molar-refractivity contribution in [1.82, 2.24) is 15.2 Å². The number of carbonyl (C=O) groups is 1. The zero-order valence-corrected chi connectivity index (χ0v) is 17.5. The van der Waals surface area contributed by atoms with Gasteiger partial charge in [0.15, 0.2) is 0 Å². The number of nitrogens with one attached hydrogen (secondary N) is 1. The number of rotatable bonds is 4. The molecular formula is C25H25N3O3. The highest BCUT2D eigenvalue weighted by Gasteiger charge is 2.32. The number of fused-ring (bicyclic) bond motifs is 3. The first-order valence-corrected chi connectivity index (χ1v) is 10.6. The molecule has 1 saturated heterocycles. The van der Waals surface area contributed by atoms with Crippen molar-refractivity contribution in [2.24, 2.45) is 0 Å². The number of pyridine rings is 1. The number of piperazine rings is 1. The molecule has 1 atom stereocenters. The standard InChI is InChI=1S/C25H25N3O3/c1-30-18-12-17(13-27-14-18)24-15-26-10-11-28(24)25(29)31-16-23-21-8-4-2-6-19(21)20-7-3-5-9-22(20)23/h2-9,12-14,23-24,26H,10-11,15-16H2,1H3. The van der Waals surface area contributed by atoms with E-state index in [0.29, 0.717) is 25.4 Å². The predicted octanol–water partition coefficient (Wildman–Crippen LogP) is 3.99. The summed E-state index contributed by atoms with van der Waals surface area (Å²) in [5, 5.41) is 3.36. The second kappa shape index (κ2) is 8.40.